The summed E-state index contributed by atoms with van der Waals surface area (Å²) < 4.78 is 11.2. The molecule has 0 spiro atoms. The molecule has 0 N–H and O–H groups in total. The average Bonchev–Trinajstić information content (AvgIpc) is 2.05. The molecule has 0 aromatic carbocycles. The third kappa shape index (κ3) is 6.02. The van der Waals surface area contributed by atoms with E-state index in [9.17, 15) is 0 Å². The fourth-order valence-corrected chi connectivity index (χ4v) is 2.30. The topological polar surface area (TPSA) is 18.5 Å². The summed E-state index contributed by atoms with van der Waals surface area (Å²) in [6.07, 6.45) is 5.09. The van der Waals surface area contributed by atoms with Gasteiger partial charge in [0.2, 0.25) is 0 Å². The Labute approximate surface area is 84.7 Å². The van der Waals surface area contributed by atoms with Crippen molar-refractivity contribution in [3.8, 4) is 0 Å². The van der Waals surface area contributed by atoms with Gasteiger partial charge in [-0.2, -0.15) is 0 Å². The van der Waals surface area contributed by atoms with Crippen molar-refractivity contribution in [2.45, 2.75) is 38.5 Å². The lowest BCUT2D eigenvalue weighted by Crippen LogP contribution is -2.36. The van der Waals surface area contributed by atoms with E-state index < -0.39 is 0 Å². The summed E-state index contributed by atoms with van der Waals surface area (Å²) in [4.78, 5) is 0. The summed E-state index contributed by atoms with van der Waals surface area (Å²) in [5.41, 5.74) is -0.257. The molecular weight excluding hydrogens is 180 g/mol. The van der Waals surface area contributed by atoms with Gasteiger partial charge in [-0.3, -0.25) is 0 Å². The van der Waals surface area contributed by atoms with Crippen molar-refractivity contribution in [3.63, 3.8) is 0 Å². The molecule has 0 aliphatic heterocycles. The van der Waals surface area contributed by atoms with Crippen LogP contribution in [0, 0.1) is 0 Å². The van der Waals surface area contributed by atoms with Gasteiger partial charge in [0.25, 0.3) is 0 Å². The standard InChI is InChI=1S/C10H22O2Si/c1-4-7-8-9-10(13,11-5-2)12-6-3/h4H,1,5-9H2,2-3,13H3. The van der Waals surface area contributed by atoms with Crippen LogP contribution in [0.5, 0.6) is 0 Å². The fraction of sp³-hybridized carbons (Fsp3) is 0.800. The van der Waals surface area contributed by atoms with Crippen LogP contribution in [0.4, 0.5) is 0 Å². The van der Waals surface area contributed by atoms with Crippen molar-refractivity contribution >= 4 is 10.2 Å². The molecule has 0 atom stereocenters. The van der Waals surface area contributed by atoms with Crippen molar-refractivity contribution < 1.29 is 9.47 Å². The molecule has 0 saturated carbocycles. The zero-order chi connectivity index (χ0) is 10.2. The van der Waals surface area contributed by atoms with Crippen molar-refractivity contribution in [1.29, 1.82) is 0 Å². The Bertz CT molecular complexity index is 131. The van der Waals surface area contributed by atoms with E-state index in [0.717, 1.165) is 42.7 Å². The van der Waals surface area contributed by atoms with Gasteiger partial charge in [-0.1, -0.05) is 6.08 Å². The molecule has 13 heavy (non-hydrogen) atoms. The van der Waals surface area contributed by atoms with Gasteiger partial charge in [-0.25, -0.2) is 0 Å². The summed E-state index contributed by atoms with van der Waals surface area (Å²) >= 11 is 0. The quantitative estimate of drug-likeness (QED) is 0.257. The van der Waals surface area contributed by atoms with Crippen LogP contribution < -0.4 is 0 Å². The number of hydrogen-bond acceptors (Lipinski definition) is 2. The highest BCUT2D eigenvalue weighted by Gasteiger charge is 2.23. The van der Waals surface area contributed by atoms with Crippen molar-refractivity contribution in [2.24, 2.45) is 0 Å². The first-order valence-electron chi connectivity index (χ1n) is 5.07. The van der Waals surface area contributed by atoms with Crippen molar-refractivity contribution in [2.75, 3.05) is 13.2 Å². The Balaban J connectivity index is 3.83. The maximum atomic E-state index is 5.62. The number of rotatable bonds is 8. The van der Waals surface area contributed by atoms with Crippen LogP contribution in [-0.2, 0) is 9.47 Å². The van der Waals surface area contributed by atoms with E-state index in [0.29, 0.717) is 0 Å². The van der Waals surface area contributed by atoms with Gasteiger partial charge in [-0.05, 0) is 33.1 Å². The number of allylic oxidation sites excluding steroid dienone is 1. The van der Waals surface area contributed by atoms with Crippen LogP contribution in [-0.4, -0.2) is 28.9 Å². The molecule has 0 aliphatic carbocycles. The van der Waals surface area contributed by atoms with E-state index in [1.807, 2.05) is 19.9 Å². The predicted octanol–water partition coefficient (Wildman–Crippen LogP) is 1.43. The molecular formula is C10H22O2Si. The van der Waals surface area contributed by atoms with E-state index in [1.54, 1.807) is 0 Å². The summed E-state index contributed by atoms with van der Waals surface area (Å²) in [6.45, 7) is 9.20. The first kappa shape index (κ1) is 12.9. The SMILES string of the molecule is C=CCCCC([SiH3])(OCC)OCC. The molecule has 0 unspecified atom stereocenters. The van der Waals surface area contributed by atoms with E-state index >= 15 is 0 Å². The Morgan fingerprint density at radius 2 is 1.85 bits per heavy atom. The number of ether oxygens (including phenoxy) is 2. The summed E-state index contributed by atoms with van der Waals surface area (Å²) in [7, 11) is 0.926. The van der Waals surface area contributed by atoms with Crippen molar-refractivity contribution in [1.82, 2.24) is 0 Å². The third-order valence-corrected chi connectivity index (χ3v) is 3.02. The first-order valence-corrected chi connectivity index (χ1v) is 6.07. The van der Waals surface area contributed by atoms with Gasteiger partial charge < -0.3 is 9.47 Å². The van der Waals surface area contributed by atoms with Crippen molar-refractivity contribution in [3.05, 3.63) is 12.7 Å². The van der Waals surface area contributed by atoms with Crippen LogP contribution >= 0.6 is 0 Å². The molecule has 0 amide bonds. The molecule has 3 heteroatoms. The second-order valence-corrected chi connectivity index (χ2v) is 4.70. The van der Waals surface area contributed by atoms with Crippen LogP contribution in [0.25, 0.3) is 0 Å². The molecule has 0 aromatic heterocycles. The molecule has 0 aliphatic rings. The Hall–Kier alpha value is -0.123. The molecule has 0 saturated heterocycles. The number of unbranched alkanes of at least 4 members (excludes halogenated alkanes) is 1. The molecule has 0 radical (unpaired) electrons. The van der Waals surface area contributed by atoms with E-state index in [4.69, 9.17) is 9.47 Å². The molecule has 0 bridgehead atoms. The monoisotopic (exact) mass is 202 g/mol. The highest BCUT2D eigenvalue weighted by molar-refractivity contribution is 6.13. The van der Waals surface area contributed by atoms with Gasteiger partial charge in [0.05, 0.1) is 10.2 Å². The smallest absolute Gasteiger partial charge is 0.141 e. The normalized spacial score (nSPS) is 11.8. The molecule has 2 nitrogen and oxygen atoms in total. The fourth-order valence-electron chi connectivity index (χ4n) is 1.36. The van der Waals surface area contributed by atoms with Crippen LogP contribution in [0.2, 0.25) is 0 Å². The maximum absolute atomic E-state index is 5.62. The molecule has 0 heterocycles. The van der Waals surface area contributed by atoms with Gasteiger partial charge >= 0.3 is 0 Å². The Kier molecular flexibility index (Phi) is 7.23. The minimum atomic E-state index is -0.257. The number of hydrogen-bond donors (Lipinski definition) is 0. The van der Waals surface area contributed by atoms with E-state index in [2.05, 4.69) is 6.58 Å². The highest BCUT2D eigenvalue weighted by atomic mass is 28.1. The predicted molar refractivity (Wildman–Crippen MR) is 60.0 cm³/mol. The summed E-state index contributed by atoms with van der Waals surface area (Å²) in [6, 6.07) is 0. The first-order chi connectivity index (χ1) is 6.18. The van der Waals surface area contributed by atoms with Crippen LogP contribution in [0.15, 0.2) is 12.7 Å². The van der Waals surface area contributed by atoms with E-state index in [-0.39, 0.29) is 5.41 Å². The summed E-state index contributed by atoms with van der Waals surface area (Å²) in [5.74, 6) is 0. The second-order valence-electron chi connectivity index (χ2n) is 3.18. The lowest BCUT2D eigenvalue weighted by atomic mass is 10.2. The second kappa shape index (κ2) is 7.30. The maximum Gasteiger partial charge on any atom is 0.141 e. The zero-order valence-corrected chi connectivity index (χ0v) is 11.1. The van der Waals surface area contributed by atoms with Crippen LogP contribution in [0.1, 0.15) is 33.1 Å². The van der Waals surface area contributed by atoms with Crippen LogP contribution in [0.3, 0.4) is 0 Å². The largest absolute Gasteiger partial charge is 0.355 e. The van der Waals surface area contributed by atoms with Gasteiger partial charge in [0.15, 0.2) is 0 Å². The minimum absolute atomic E-state index is 0.257. The molecule has 0 aromatic rings. The van der Waals surface area contributed by atoms with E-state index in [1.165, 1.54) is 0 Å². The lowest BCUT2D eigenvalue weighted by Gasteiger charge is -2.29. The lowest BCUT2D eigenvalue weighted by molar-refractivity contribution is -0.177. The molecule has 0 fully saturated rings. The Morgan fingerprint density at radius 1 is 1.31 bits per heavy atom. The minimum Gasteiger partial charge on any atom is -0.355 e. The van der Waals surface area contributed by atoms with Gasteiger partial charge in [0, 0.05) is 13.2 Å². The Morgan fingerprint density at radius 3 is 2.23 bits per heavy atom. The highest BCUT2D eigenvalue weighted by Crippen LogP contribution is 2.17. The molecule has 0 rings (SSSR count). The average molecular weight is 202 g/mol. The zero-order valence-electron chi connectivity index (χ0n) is 9.14. The van der Waals surface area contributed by atoms with Gasteiger partial charge in [0.1, 0.15) is 5.41 Å². The summed E-state index contributed by atoms with van der Waals surface area (Å²) in [5, 5.41) is 0. The van der Waals surface area contributed by atoms with Gasteiger partial charge in [-0.15, -0.1) is 6.58 Å². The third-order valence-electron chi connectivity index (χ3n) is 1.94. The molecule has 78 valence electrons.